The molecule has 0 spiro atoms. The molecule has 4 nitrogen and oxygen atoms in total. The van der Waals surface area contributed by atoms with Gasteiger partial charge in [0.25, 0.3) is 0 Å². The van der Waals surface area contributed by atoms with Crippen molar-refractivity contribution in [1.29, 1.82) is 0 Å². The van der Waals surface area contributed by atoms with E-state index in [9.17, 15) is 0 Å². The van der Waals surface area contributed by atoms with Crippen molar-refractivity contribution in [3.8, 4) is 11.9 Å². The van der Waals surface area contributed by atoms with Gasteiger partial charge in [-0.05, 0) is 6.85 Å². The third-order valence-electron chi connectivity index (χ3n) is 1.11. The number of aryl methyl sites for hydroxylation is 1. The molecule has 1 aromatic rings. The van der Waals surface area contributed by atoms with E-state index in [4.69, 9.17) is 13.6 Å². The normalized spacial score (nSPS) is 14.5. The highest BCUT2D eigenvalue weighted by atomic mass is 16.5. The van der Waals surface area contributed by atoms with Crippen LogP contribution in [0.1, 0.15) is 9.68 Å². The minimum absolute atomic E-state index is 0.0110. The molecule has 0 saturated carbocycles. The SMILES string of the molecule is [2H]C([2H])([2H])c1cnc(OC)nc1OC. The van der Waals surface area contributed by atoms with Gasteiger partial charge in [-0.3, -0.25) is 0 Å². The third kappa shape index (κ3) is 1.58. The summed E-state index contributed by atoms with van der Waals surface area (Å²) in [6.45, 7) is -2.28. The molecular weight excluding hydrogens is 144 g/mol. The number of nitrogens with zero attached hydrogens (tertiary/aromatic N) is 2. The third-order valence-corrected chi connectivity index (χ3v) is 1.11. The van der Waals surface area contributed by atoms with Crippen LogP contribution in [0.5, 0.6) is 11.9 Å². The molecule has 1 aromatic heterocycles. The first-order valence-electron chi connectivity index (χ1n) is 4.44. The zero-order chi connectivity index (χ0) is 10.8. The molecule has 0 saturated heterocycles. The van der Waals surface area contributed by atoms with E-state index in [2.05, 4.69) is 9.97 Å². The van der Waals surface area contributed by atoms with Crippen molar-refractivity contribution >= 4 is 0 Å². The van der Waals surface area contributed by atoms with Gasteiger partial charge in [-0.1, -0.05) is 0 Å². The number of ether oxygens (including phenoxy) is 2. The van der Waals surface area contributed by atoms with E-state index >= 15 is 0 Å². The Hall–Kier alpha value is -1.32. The van der Waals surface area contributed by atoms with Crippen LogP contribution in [0.3, 0.4) is 0 Å². The summed E-state index contributed by atoms with van der Waals surface area (Å²) in [5.41, 5.74) is -0.0270. The Morgan fingerprint density at radius 2 is 2.27 bits per heavy atom. The summed E-state index contributed by atoms with van der Waals surface area (Å²) in [4.78, 5) is 7.46. The fourth-order valence-corrected chi connectivity index (χ4v) is 0.605. The molecule has 0 aliphatic carbocycles. The van der Waals surface area contributed by atoms with Crippen molar-refractivity contribution in [2.24, 2.45) is 0 Å². The molecule has 0 aromatic carbocycles. The van der Waals surface area contributed by atoms with Crippen LogP contribution in [0.15, 0.2) is 6.20 Å². The monoisotopic (exact) mass is 157 g/mol. The lowest BCUT2D eigenvalue weighted by molar-refractivity contribution is 0.350. The highest BCUT2D eigenvalue weighted by Gasteiger charge is 2.01. The van der Waals surface area contributed by atoms with Crippen LogP contribution in [0, 0.1) is 6.85 Å². The zero-order valence-electron chi connectivity index (χ0n) is 9.29. The maximum absolute atomic E-state index is 7.18. The van der Waals surface area contributed by atoms with Gasteiger partial charge in [0.05, 0.1) is 14.2 Å². The Kier molecular flexibility index (Phi) is 1.31. The van der Waals surface area contributed by atoms with Gasteiger partial charge in [0.1, 0.15) is 0 Å². The standard InChI is InChI=1S/C7H10N2O2/c1-5-4-8-7(11-3)9-6(5)10-2/h4H,1-3H3/i1D3. The molecule has 0 amide bonds. The Labute approximate surface area is 69.4 Å². The largest absolute Gasteiger partial charge is 0.481 e. The van der Waals surface area contributed by atoms with Crippen molar-refractivity contribution in [2.45, 2.75) is 6.85 Å². The molecule has 0 aliphatic heterocycles. The fourth-order valence-electron chi connectivity index (χ4n) is 0.605. The van der Waals surface area contributed by atoms with Crippen molar-refractivity contribution in [2.75, 3.05) is 14.2 Å². The summed E-state index contributed by atoms with van der Waals surface area (Å²) >= 11 is 0. The minimum atomic E-state index is -2.28. The molecule has 0 radical (unpaired) electrons. The highest BCUT2D eigenvalue weighted by molar-refractivity contribution is 5.22. The quantitative estimate of drug-likeness (QED) is 0.637. The van der Waals surface area contributed by atoms with Gasteiger partial charge in [0.15, 0.2) is 0 Å². The van der Waals surface area contributed by atoms with Crippen LogP contribution >= 0.6 is 0 Å². The molecule has 11 heavy (non-hydrogen) atoms. The maximum atomic E-state index is 7.18. The molecule has 0 N–H and O–H groups in total. The summed E-state index contributed by atoms with van der Waals surface area (Å²) in [6.07, 6.45) is 1.18. The molecule has 1 heterocycles. The number of methoxy groups -OCH3 is 2. The topological polar surface area (TPSA) is 44.2 Å². The summed E-state index contributed by atoms with van der Waals surface area (Å²) in [7, 11) is 2.74. The number of aromatic nitrogens is 2. The van der Waals surface area contributed by atoms with Gasteiger partial charge in [0.2, 0.25) is 5.88 Å². The van der Waals surface area contributed by atoms with Gasteiger partial charge in [-0.25, -0.2) is 4.98 Å². The second-order valence-corrected chi connectivity index (χ2v) is 1.78. The van der Waals surface area contributed by atoms with Gasteiger partial charge in [0, 0.05) is 15.9 Å². The van der Waals surface area contributed by atoms with E-state index in [1.54, 1.807) is 0 Å². The smallest absolute Gasteiger partial charge is 0.319 e. The first kappa shape index (κ1) is 4.54. The van der Waals surface area contributed by atoms with Gasteiger partial charge >= 0.3 is 6.01 Å². The predicted molar refractivity (Wildman–Crippen MR) is 39.9 cm³/mol. The summed E-state index contributed by atoms with van der Waals surface area (Å²) < 4.78 is 31.1. The summed E-state index contributed by atoms with van der Waals surface area (Å²) in [5.74, 6) is 0.0110. The summed E-state index contributed by atoms with van der Waals surface area (Å²) in [6, 6.07) is 0.0786. The first-order chi connectivity index (χ1) is 6.49. The van der Waals surface area contributed by atoms with Crippen molar-refractivity contribution < 1.29 is 13.6 Å². The summed E-state index contributed by atoms with van der Waals surface area (Å²) in [5, 5.41) is 0. The second-order valence-electron chi connectivity index (χ2n) is 1.78. The lowest BCUT2D eigenvalue weighted by atomic mass is 10.4. The average Bonchev–Trinajstić information content (AvgIpc) is 2.15. The Morgan fingerprint density at radius 3 is 2.82 bits per heavy atom. The van der Waals surface area contributed by atoms with Gasteiger partial charge in [-0.15, -0.1) is 0 Å². The lowest BCUT2D eigenvalue weighted by Gasteiger charge is -2.03. The number of rotatable bonds is 2. The van der Waals surface area contributed by atoms with E-state index in [0.717, 1.165) is 0 Å². The van der Waals surface area contributed by atoms with Crippen LogP contribution in [-0.4, -0.2) is 24.2 Å². The van der Waals surface area contributed by atoms with Gasteiger partial charge < -0.3 is 9.47 Å². The van der Waals surface area contributed by atoms with Crippen molar-refractivity contribution in [1.82, 2.24) is 9.97 Å². The van der Waals surface area contributed by atoms with Crippen LogP contribution in [-0.2, 0) is 0 Å². The first-order valence-corrected chi connectivity index (χ1v) is 2.94. The molecule has 0 bridgehead atoms. The predicted octanol–water partition coefficient (Wildman–Crippen LogP) is 0.802. The lowest BCUT2D eigenvalue weighted by Crippen LogP contribution is -1.96. The van der Waals surface area contributed by atoms with Crippen molar-refractivity contribution in [3.63, 3.8) is 0 Å². The Bertz CT molecular complexity index is 327. The molecule has 60 valence electrons. The van der Waals surface area contributed by atoms with E-state index < -0.39 is 6.85 Å². The number of hydrogen-bond donors (Lipinski definition) is 0. The number of hydrogen-bond acceptors (Lipinski definition) is 4. The molecular formula is C7H10N2O2. The van der Waals surface area contributed by atoms with E-state index in [1.807, 2.05) is 0 Å². The fraction of sp³-hybridized carbons (Fsp3) is 0.429. The van der Waals surface area contributed by atoms with E-state index in [1.165, 1.54) is 20.4 Å². The van der Waals surface area contributed by atoms with Gasteiger partial charge in [-0.2, -0.15) is 4.98 Å². The van der Waals surface area contributed by atoms with Crippen LogP contribution in [0.2, 0.25) is 0 Å². The average molecular weight is 157 g/mol. The zero-order valence-corrected chi connectivity index (χ0v) is 6.29. The minimum Gasteiger partial charge on any atom is -0.481 e. The van der Waals surface area contributed by atoms with Crippen LogP contribution in [0.4, 0.5) is 0 Å². The van der Waals surface area contributed by atoms with Crippen LogP contribution < -0.4 is 9.47 Å². The molecule has 0 aliphatic rings. The molecule has 1 rings (SSSR count). The van der Waals surface area contributed by atoms with E-state index in [0.29, 0.717) is 0 Å². The van der Waals surface area contributed by atoms with Crippen LogP contribution in [0.25, 0.3) is 0 Å². The Morgan fingerprint density at radius 1 is 1.45 bits per heavy atom. The highest BCUT2D eigenvalue weighted by Crippen LogP contribution is 2.14. The van der Waals surface area contributed by atoms with E-state index in [-0.39, 0.29) is 17.5 Å². The molecule has 4 heteroatoms. The molecule has 0 atom stereocenters. The Balaban J connectivity index is 3.18. The molecule has 0 unspecified atom stereocenters. The maximum Gasteiger partial charge on any atom is 0.319 e. The second kappa shape index (κ2) is 3.18. The molecule has 0 fully saturated rings. The van der Waals surface area contributed by atoms with Crippen molar-refractivity contribution in [3.05, 3.63) is 11.8 Å².